The predicted molar refractivity (Wildman–Crippen MR) is 89.3 cm³/mol. The van der Waals surface area contributed by atoms with Crippen molar-refractivity contribution in [2.24, 2.45) is 0 Å². The molecule has 2 aliphatic rings. The highest BCUT2D eigenvalue weighted by molar-refractivity contribution is 5.91. The van der Waals surface area contributed by atoms with Crippen molar-refractivity contribution in [2.75, 3.05) is 25.1 Å². The van der Waals surface area contributed by atoms with Crippen LogP contribution >= 0.6 is 0 Å². The van der Waals surface area contributed by atoms with Crippen molar-refractivity contribution in [3.05, 3.63) is 18.5 Å². The average Bonchev–Trinajstić information content (AvgIpc) is 2.91. The number of pyridine rings is 1. The van der Waals surface area contributed by atoms with Gasteiger partial charge in [0.25, 0.3) is 0 Å². The molecule has 0 aliphatic carbocycles. The lowest BCUT2D eigenvalue weighted by Crippen LogP contribution is -2.53. The lowest BCUT2D eigenvalue weighted by molar-refractivity contribution is -0.0867. The van der Waals surface area contributed by atoms with E-state index in [0.717, 1.165) is 19.3 Å². The minimum atomic E-state index is -0.287. The minimum absolute atomic E-state index is 0.00213. The van der Waals surface area contributed by atoms with Gasteiger partial charge in [0.1, 0.15) is 0 Å². The summed E-state index contributed by atoms with van der Waals surface area (Å²) in [5.41, 5.74) is 0.321. The second-order valence-electron chi connectivity index (χ2n) is 6.50. The van der Waals surface area contributed by atoms with Crippen LogP contribution in [0.5, 0.6) is 5.75 Å². The maximum absolute atomic E-state index is 12.4. The van der Waals surface area contributed by atoms with Crippen LogP contribution in [0.1, 0.15) is 33.1 Å². The number of anilines is 1. The van der Waals surface area contributed by atoms with Gasteiger partial charge in [-0.3, -0.25) is 4.98 Å². The highest BCUT2D eigenvalue weighted by atomic mass is 16.5. The first-order valence-electron chi connectivity index (χ1n) is 8.49. The lowest BCUT2D eigenvalue weighted by atomic mass is 9.86. The first-order valence-corrected chi connectivity index (χ1v) is 8.49. The molecule has 1 unspecified atom stereocenters. The van der Waals surface area contributed by atoms with Gasteiger partial charge in [-0.25, -0.2) is 4.79 Å². The number of amides is 2. The SMILES string of the molecule is CC(C)Oc1cnccc1NC(=O)NC1CCOC12CCOCC2. The van der Waals surface area contributed by atoms with Crippen molar-refractivity contribution < 1.29 is 19.0 Å². The van der Waals surface area contributed by atoms with Crippen molar-refractivity contribution >= 4 is 11.7 Å². The van der Waals surface area contributed by atoms with Gasteiger partial charge < -0.3 is 24.8 Å². The van der Waals surface area contributed by atoms with Crippen LogP contribution in [-0.2, 0) is 9.47 Å². The standard InChI is InChI=1S/C17H25N3O4/c1-12(2)24-14-11-18-7-3-13(14)19-16(21)20-15-4-8-23-17(15)5-9-22-10-6-17/h3,7,11-12,15H,4-6,8-10H2,1-2H3,(H2,18,19,20,21). The molecule has 1 aromatic rings. The Balaban J connectivity index is 1.63. The quantitative estimate of drug-likeness (QED) is 0.882. The molecule has 2 amide bonds. The summed E-state index contributed by atoms with van der Waals surface area (Å²) in [5.74, 6) is 0.561. The number of aromatic nitrogens is 1. The number of hydrogen-bond donors (Lipinski definition) is 2. The van der Waals surface area contributed by atoms with Gasteiger partial charge in [0, 0.05) is 38.9 Å². The third-order valence-electron chi connectivity index (χ3n) is 4.47. The van der Waals surface area contributed by atoms with Crippen LogP contribution in [0, 0.1) is 0 Å². The molecule has 0 saturated carbocycles. The third kappa shape index (κ3) is 3.79. The predicted octanol–water partition coefficient (Wildman–Crippen LogP) is 2.33. The molecule has 24 heavy (non-hydrogen) atoms. The fourth-order valence-corrected chi connectivity index (χ4v) is 3.30. The van der Waals surface area contributed by atoms with E-state index in [1.54, 1.807) is 18.5 Å². The van der Waals surface area contributed by atoms with E-state index in [4.69, 9.17) is 14.2 Å². The summed E-state index contributed by atoms with van der Waals surface area (Å²) >= 11 is 0. The van der Waals surface area contributed by atoms with E-state index in [0.29, 0.717) is 31.3 Å². The molecule has 0 radical (unpaired) electrons. The monoisotopic (exact) mass is 335 g/mol. The summed E-state index contributed by atoms with van der Waals surface area (Å²) < 4.78 is 17.1. The number of urea groups is 1. The number of nitrogens with one attached hydrogen (secondary N) is 2. The summed E-state index contributed by atoms with van der Waals surface area (Å²) in [4.78, 5) is 16.5. The molecule has 7 nitrogen and oxygen atoms in total. The van der Waals surface area contributed by atoms with Crippen LogP contribution < -0.4 is 15.4 Å². The van der Waals surface area contributed by atoms with Gasteiger partial charge in [0.15, 0.2) is 5.75 Å². The van der Waals surface area contributed by atoms with Crippen molar-refractivity contribution in [3.8, 4) is 5.75 Å². The van der Waals surface area contributed by atoms with Crippen molar-refractivity contribution in [1.82, 2.24) is 10.3 Å². The maximum atomic E-state index is 12.4. The highest BCUT2D eigenvalue weighted by Gasteiger charge is 2.46. The van der Waals surface area contributed by atoms with Crippen LogP contribution in [-0.4, -0.2) is 48.6 Å². The average molecular weight is 335 g/mol. The second kappa shape index (κ2) is 7.36. The van der Waals surface area contributed by atoms with Gasteiger partial charge in [-0.05, 0) is 26.3 Å². The van der Waals surface area contributed by atoms with E-state index >= 15 is 0 Å². The minimum Gasteiger partial charge on any atom is -0.487 e. The molecular formula is C17H25N3O4. The molecule has 1 spiro atoms. The van der Waals surface area contributed by atoms with Gasteiger partial charge in [-0.2, -0.15) is 0 Å². The summed E-state index contributed by atoms with van der Waals surface area (Å²) in [7, 11) is 0. The molecule has 3 rings (SSSR count). The number of carbonyl (C=O) groups is 1. The summed E-state index contributed by atoms with van der Waals surface area (Å²) in [6.07, 6.45) is 5.69. The van der Waals surface area contributed by atoms with Crippen LogP contribution in [0.15, 0.2) is 18.5 Å². The smallest absolute Gasteiger partial charge is 0.319 e. The molecule has 2 saturated heterocycles. The Bertz CT molecular complexity index is 573. The molecule has 2 N–H and O–H groups in total. The Morgan fingerprint density at radius 2 is 2.17 bits per heavy atom. The summed E-state index contributed by atoms with van der Waals surface area (Å²) in [6.45, 7) is 5.89. The third-order valence-corrected chi connectivity index (χ3v) is 4.47. The zero-order valence-electron chi connectivity index (χ0n) is 14.2. The van der Waals surface area contributed by atoms with Crippen LogP contribution in [0.3, 0.4) is 0 Å². The molecule has 2 aliphatic heterocycles. The van der Waals surface area contributed by atoms with Crippen LogP contribution in [0.2, 0.25) is 0 Å². The zero-order chi connectivity index (χ0) is 17.0. The fraction of sp³-hybridized carbons (Fsp3) is 0.647. The first kappa shape index (κ1) is 17.0. The van der Waals surface area contributed by atoms with E-state index in [1.165, 1.54) is 0 Å². The Morgan fingerprint density at radius 3 is 2.92 bits per heavy atom. The zero-order valence-corrected chi connectivity index (χ0v) is 14.2. The molecule has 1 aromatic heterocycles. The second-order valence-corrected chi connectivity index (χ2v) is 6.50. The topological polar surface area (TPSA) is 81.7 Å². The molecule has 3 heterocycles. The molecule has 132 valence electrons. The van der Waals surface area contributed by atoms with E-state index in [9.17, 15) is 4.79 Å². The number of rotatable bonds is 4. The van der Waals surface area contributed by atoms with Crippen LogP contribution in [0.25, 0.3) is 0 Å². The van der Waals surface area contributed by atoms with E-state index in [2.05, 4.69) is 15.6 Å². The highest BCUT2D eigenvalue weighted by Crippen LogP contribution is 2.35. The van der Waals surface area contributed by atoms with E-state index in [1.807, 2.05) is 13.8 Å². The molecule has 2 fully saturated rings. The lowest BCUT2D eigenvalue weighted by Gasteiger charge is -2.37. The maximum Gasteiger partial charge on any atom is 0.319 e. The molecule has 7 heteroatoms. The van der Waals surface area contributed by atoms with Crippen LogP contribution in [0.4, 0.5) is 10.5 Å². The van der Waals surface area contributed by atoms with Gasteiger partial charge in [0.05, 0.1) is 29.6 Å². The Labute approximate surface area is 142 Å². The normalized spacial score (nSPS) is 22.5. The van der Waals surface area contributed by atoms with Crippen molar-refractivity contribution in [1.29, 1.82) is 0 Å². The van der Waals surface area contributed by atoms with Gasteiger partial charge in [0.2, 0.25) is 0 Å². The number of carbonyl (C=O) groups excluding carboxylic acids is 1. The Morgan fingerprint density at radius 1 is 1.38 bits per heavy atom. The van der Waals surface area contributed by atoms with E-state index in [-0.39, 0.29) is 23.8 Å². The summed E-state index contributed by atoms with van der Waals surface area (Å²) in [6, 6.07) is 1.47. The van der Waals surface area contributed by atoms with Gasteiger partial charge in [-0.15, -0.1) is 0 Å². The fourth-order valence-electron chi connectivity index (χ4n) is 3.30. The van der Waals surface area contributed by atoms with Crippen molar-refractivity contribution in [3.63, 3.8) is 0 Å². The van der Waals surface area contributed by atoms with Gasteiger partial charge >= 0.3 is 6.03 Å². The molecular weight excluding hydrogens is 310 g/mol. The molecule has 1 atom stereocenters. The van der Waals surface area contributed by atoms with Crippen molar-refractivity contribution in [2.45, 2.75) is 50.9 Å². The molecule has 0 aromatic carbocycles. The number of hydrogen-bond acceptors (Lipinski definition) is 5. The largest absolute Gasteiger partial charge is 0.487 e. The Kier molecular flexibility index (Phi) is 5.20. The van der Waals surface area contributed by atoms with Gasteiger partial charge in [-0.1, -0.05) is 0 Å². The number of ether oxygens (including phenoxy) is 3. The molecule has 0 bridgehead atoms. The first-order chi connectivity index (χ1) is 11.6. The number of nitrogens with zero attached hydrogens (tertiary/aromatic N) is 1. The summed E-state index contributed by atoms with van der Waals surface area (Å²) in [5, 5.41) is 5.92. The Hall–Kier alpha value is -1.86. The van der Waals surface area contributed by atoms with E-state index < -0.39 is 0 Å².